The number of hydrogen-bond donors (Lipinski definition) is 1. The molecule has 1 saturated carbocycles. The van der Waals surface area contributed by atoms with Crippen molar-refractivity contribution in [3.8, 4) is 0 Å². The topological polar surface area (TPSA) is 12.0 Å². The number of nitrogens with one attached hydrogen (secondary N) is 1. The summed E-state index contributed by atoms with van der Waals surface area (Å²) >= 11 is 2.09. The highest BCUT2D eigenvalue weighted by Crippen LogP contribution is 2.41. The molecule has 2 aliphatic carbocycles. The zero-order valence-electron chi connectivity index (χ0n) is 10.8. The van der Waals surface area contributed by atoms with E-state index in [-0.39, 0.29) is 0 Å². The van der Waals surface area contributed by atoms with Gasteiger partial charge in [0, 0.05) is 15.8 Å². The minimum atomic E-state index is 0.651. The van der Waals surface area contributed by atoms with Crippen molar-refractivity contribution >= 4 is 11.3 Å². The lowest BCUT2D eigenvalue weighted by molar-refractivity contribution is 0.379. The van der Waals surface area contributed by atoms with Gasteiger partial charge in [0.05, 0.1) is 0 Å². The molecule has 3 rings (SSSR count). The highest BCUT2D eigenvalue weighted by atomic mass is 32.1. The first-order chi connectivity index (χ1) is 8.38. The van der Waals surface area contributed by atoms with Gasteiger partial charge in [-0.1, -0.05) is 19.8 Å². The van der Waals surface area contributed by atoms with E-state index in [1.807, 2.05) is 0 Å². The summed E-state index contributed by atoms with van der Waals surface area (Å²) in [6, 6.07) is 3.16. The summed E-state index contributed by atoms with van der Waals surface area (Å²) < 4.78 is 0. The van der Waals surface area contributed by atoms with Crippen LogP contribution >= 0.6 is 11.3 Å². The summed E-state index contributed by atoms with van der Waals surface area (Å²) in [7, 11) is 0. The maximum atomic E-state index is 3.74. The Morgan fingerprint density at radius 1 is 1.29 bits per heavy atom. The van der Waals surface area contributed by atoms with Gasteiger partial charge in [0.25, 0.3) is 0 Å². The summed E-state index contributed by atoms with van der Waals surface area (Å²) in [5, 5.41) is 3.74. The van der Waals surface area contributed by atoms with Gasteiger partial charge in [-0.3, -0.25) is 0 Å². The van der Waals surface area contributed by atoms with Gasteiger partial charge in [-0.05, 0) is 56.2 Å². The third kappa shape index (κ3) is 2.30. The Bertz CT molecular complexity index is 355. The van der Waals surface area contributed by atoms with Gasteiger partial charge < -0.3 is 5.32 Å². The second-order valence-electron chi connectivity index (χ2n) is 5.53. The molecule has 1 heterocycles. The van der Waals surface area contributed by atoms with Crippen LogP contribution in [-0.4, -0.2) is 6.54 Å². The van der Waals surface area contributed by atoms with E-state index in [2.05, 4.69) is 29.6 Å². The van der Waals surface area contributed by atoms with Crippen LogP contribution in [0.4, 0.5) is 0 Å². The number of fused-ring (bicyclic) bond motifs is 1. The highest BCUT2D eigenvalue weighted by molar-refractivity contribution is 7.12. The quantitative estimate of drug-likeness (QED) is 0.848. The van der Waals surface area contributed by atoms with Crippen LogP contribution in [0.5, 0.6) is 0 Å². The van der Waals surface area contributed by atoms with Crippen molar-refractivity contribution in [1.82, 2.24) is 5.32 Å². The van der Waals surface area contributed by atoms with Gasteiger partial charge in [0.15, 0.2) is 0 Å². The fourth-order valence-corrected chi connectivity index (χ4v) is 4.94. The number of aryl methyl sites for hydroxylation is 2. The summed E-state index contributed by atoms with van der Waals surface area (Å²) in [4.78, 5) is 3.31. The molecule has 0 radical (unpaired) electrons. The van der Waals surface area contributed by atoms with Crippen LogP contribution in [-0.2, 0) is 12.8 Å². The first-order valence-electron chi connectivity index (χ1n) is 7.23. The molecular formula is C15H23NS. The van der Waals surface area contributed by atoms with Crippen LogP contribution in [0, 0.1) is 5.92 Å². The molecule has 1 unspecified atom stereocenters. The first kappa shape index (κ1) is 11.7. The largest absolute Gasteiger partial charge is 0.309 e. The summed E-state index contributed by atoms with van der Waals surface area (Å²) in [5.74, 6) is 0.897. The Morgan fingerprint density at radius 3 is 2.82 bits per heavy atom. The van der Waals surface area contributed by atoms with Gasteiger partial charge in [0.2, 0.25) is 0 Å². The normalized spacial score (nSPS) is 21.9. The molecule has 1 atom stereocenters. The van der Waals surface area contributed by atoms with E-state index in [0.717, 1.165) is 12.5 Å². The van der Waals surface area contributed by atoms with Crippen molar-refractivity contribution in [2.75, 3.05) is 6.54 Å². The maximum Gasteiger partial charge on any atom is 0.0443 e. The van der Waals surface area contributed by atoms with E-state index < -0.39 is 0 Å². The van der Waals surface area contributed by atoms with Crippen LogP contribution in [0.15, 0.2) is 6.07 Å². The third-order valence-electron chi connectivity index (χ3n) is 4.37. The van der Waals surface area contributed by atoms with Crippen LogP contribution in [0.2, 0.25) is 0 Å². The van der Waals surface area contributed by atoms with Crippen LogP contribution in [0.25, 0.3) is 0 Å². The van der Waals surface area contributed by atoms with Crippen LogP contribution < -0.4 is 5.32 Å². The zero-order valence-corrected chi connectivity index (χ0v) is 11.6. The fourth-order valence-electron chi connectivity index (χ4n) is 3.52. The monoisotopic (exact) mass is 249 g/mol. The standard InChI is InChI=1S/C15H23NS/c1-2-16-15(11-6-3-4-7-11)14-10-12-8-5-9-13(12)17-14/h10-11,15-16H,2-9H2,1H3. The molecule has 0 spiro atoms. The SMILES string of the molecule is CCNC(c1cc2c(s1)CCC2)C1CCCC1. The number of hydrogen-bond acceptors (Lipinski definition) is 2. The fraction of sp³-hybridized carbons (Fsp3) is 0.733. The molecule has 94 valence electrons. The number of thiophene rings is 1. The predicted octanol–water partition coefficient (Wildman–Crippen LogP) is 4.08. The Labute approximate surface area is 109 Å². The van der Waals surface area contributed by atoms with Crippen LogP contribution in [0.1, 0.15) is 60.4 Å². The highest BCUT2D eigenvalue weighted by Gasteiger charge is 2.28. The van der Waals surface area contributed by atoms with E-state index in [4.69, 9.17) is 0 Å². The maximum absolute atomic E-state index is 3.74. The molecule has 2 heteroatoms. The average molecular weight is 249 g/mol. The molecule has 1 fully saturated rings. The summed E-state index contributed by atoms with van der Waals surface area (Å²) in [5.41, 5.74) is 1.66. The molecule has 1 N–H and O–H groups in total. The summed E-state index contributed by atoms with van der Waals surface area (Å²) in [6.07, 6.45) is 9.80. The molecular weight excluding hydrogens is 226 g/mol. The lowest BCUT2D eigenvalue weighted by Gasteiger charge is -2.23. The minimum absolute atomic E-state index is 0.651. The van der Waals surface area contributed by atoms with Crippen molar-refractivity contribution in [3.05, 3.63) is 21.4 Å². The molecule has 1 aromatic heterocycles. The van der Waals surface area contributed by atoms with E-state index in [0.29, 0.717) is 6.04 Å². The van der Waals surface area contributed by atoms with E-state index in [1.54, 1.807) is 15.3 Å². The molecule has 0 aromatic carbocycles. The van der Waals surface area contributed by atoms with Gasteiger partial charge in [-0.15, -0.1) is 11.3 Å². The molecule has 0 bridgehead atoms. The predicted molar refractivity (Wildman–Crippen MR) is 74.7 cm³/mol. The third-order valence-corrected chi connectivity index (χ3v) is 5.69. The molecule has 17 heavy (non-hydrogen) atoms. The minimum Gasteiger partial charge on any atom is -0.309 e. The average Bonchev–Trinajstić information content (AvgIpc) is 3.01. The van der Waals surface area contributed by atoms with E-state index >= 15 is 0 Å². The lowest BCUT2D eigenvalue weighted by Crippen LogP contribution is -2.26. The van der Waals surface area contributed by atoms with Crippen molar-refractivity contribution < 1.29 is 0 Å². The lowest BCUT2D eigenvalue weighted by atomic mass is 9.96. The summed E-state index contributed by atoms with van der Waals surface area (Å²) in [6.45, 7) is 3.34. The van der Waals surface area contributed by atoms with Crippen molar-refractivity contribution in [2.24, 2.45) is 5.92 Å². The number of rotatable bonds is 4. The van der Waals surface area contributed by atoms with Crippen molar-refractivity contribution in [1.29, 1.82) is 0 Å². The molecule has 0 amide bonds. The second-order valence-corrected chi connectivity index (χ2v) is 6.70. The van der Waals surface area contributed by atoms with Crippen LogP contribution in [0.3, 0.4) is 0 Å². The molecule has 0 aliphatic heterocycles. The molecule has 2 aliphatic rings. The van der Waals surface area contributed by atoms with E-state index in [9.17, 15) is 0 Å². The van der Waals surface area contributed by atoms with Crippen molar-refractivity contribution in [2.45, 2.75) is 57.9 Å². The first-order valence-corrected chi connectivity index (χ1v) is 8.05. The molecule has 1 aromatic rings. The smallest absolute Gasteiger partial charge is 0.0443 e. The van der Waals surface area contributed by atoms with Crippen molar-refractivity contribution in [3.63, 3.8) is 0 Å². The van der Waals surface area contributed by atoms with Gasteiger partial charge in [-0.2, -0.15) is 0 Å². The Kier molecular flexibility index (Phi) is 3.53. The van der Waals surface area contributed by atoms with Gasteiger partial charge in [0.1, 0.15) is 0 Å². The second kappa shape index (κ2) is 5.11. The Balaban J connectivity index is 1.81. The van der Waals surface area contributed by atoms with E-state index in [1.165, 1.54) is 44.9 Å². The Hall–Kier alpha value is -0.340. The molecule has 1 nitrogen and oxygen atoms in total. The van der Waals surface area contributed by atoms with Gasteiger partial charge >= 0.3 is 0 Å². The zero-order chi connectivity index (χ0) is 11.7. The Morgan fingerprint density at radius 2 is 2.12 bits per heavy atom. The van der Waals surface area contributed by atoms with Gasteiger partial charge in [-0.25, -0.2) is 0 Å². The molecule has 0 saturated heterocycles.